The Morgan fingerprint density at radius 2 is 1.91 bits per heavy atom. The van der Waals surface area contributed by atoms with Gasteiger partial charge in [0.25, 0.3) is 0 Å². The van der Waals surface area contributed by atoms with Gasteiger partial charge in [-0.2, -0.15) is 0 Å². The number of nitrogens with one attached hydrogen (secondary N) is 3. The Hall–Kier alpha value is -2.51. The van der Waals surface area contributed by atoms with Crippen molar-refractivity contribution in [3.63, 3.8) is 0 Å². The molecule has 186 valence electrons. The molecule has 7 nitrogen and oxygen atoms in total. The van der Waals surface area contributed by atoms with E-state index in [0.29, 0.717) is 25.1 Å². The number of fused-ring (bicyclic) bond motifs is 1. The maximum absolute atomic E-state index is 13.5. The molecule has 2 fully saturated rings. The van der Waals surface area contributed by atoms with Crippen LogP contribution in [-0.2, 0) is 16.1 Å². The molecule has 2 heterocycles. The quantitative estimate of drug-likeness (QED) is 0.383. The smallest absolute Gasteiger partial charge is 0.243 e. The molecule has 0 radical (unpaired) electrons. The maximum atomic E-state index is 13.5. The lowest BCUT2D eigenvalue weighted by molar-refractivity contribution is -0.143. The Balaban J connectivity index is 1.66. The van der Waals surface area contributed by atoms with E-state index in [2.05, 4.69) is 22.9 Å². The van der Waals surface area contributed by atoms with Gasteiger partial charge in [-0.3, -0.25) is 14.4 Å². The SMILES string of the molecule is CN[C@@H](C)CN[C@H]1CCCC[C@H]2CC[C@@H](C(=O)NCc3cccc(C(=O)C=C(C)C)c3)N2C1=O. The van der Waals surface area contributed by atoms with E-state index in [1.54, 1.807) is 12.1 Å². The van der Waals surface area contributed by atoms with E-state index in [9.17, 15) is 14.4 Å². The van der Waals surface area contributed by atoms with Crippen molar-refractivity contribution in [1.82, 2.24) is 20.9 Å². The summed E-state index contributed by atoms with van der Waals surface area (Å²) in [5.41, 5.74) is 2.43. The first-order valence-corrected chi connectivity index (χ1v) is 12.6. The molecular formula is C27H40N4O3. The van der Waals surface area contributed by atoms with Gasteiger partial charge in [0.05, 0.1) is 6.04 Å². The predicted octanol–water partition coefficient (Wildman–Crippen LogP) is 2.95. The molecule has 0 saturated carbocycles. The van der Waals surface area contributed by atoms with Gasteiger partial charge in [-0.1, -0.05) is 36.6 Å². The van der Waals surface area contributed by atoms with Crippen LogP contribution in [0.5, 0.6) is 0 Å². The summed E-state index contributed by atoms with van der Waals surface area (Å²) in [6.45, 7) is 6.91. The van der Waals surface area contributed by atoms with Crippen LogP contribution in [0, 0.1) is 0 Å². The maximum Gasteiger partial charge on any atom is 0.243 e. The molecule has 2 saturated heterocycles. The minimum absolute atomic E-state index is 0.0378. The lowest BCUT2D eigenvalue weighted by Crippen LogP contribution is -2.56. The molecule has 2 aliphatic rings. The van der Waals surface area contributed by atoms with Crippen molar-refractivity contribution in [2.24, 2.45) is 0 Å². The van der Waals surface area contributed by atoms with Crippen LogP contribution in [0.3, 0.4) is 0 Å². The molecule has 0 aliphatic carbocycles. The topological polar surface area (TPSA) is 90.5 Å². The summed E-state index contributed by atoms with van der Waals surface area (Å²) < 4.78 is 0. The summed E-state index contributed by atoms with van der Waals surface area (Å²) in [6.07, 6.45) is 7.06. The molecule has 2 aliphatic heterocycles. The summed E-state index contributed by atoms with van der Waals surface area (Å²) in [5, 5.41) is 9.65. The summed E-state index contributed by atoms with van der Waals surface area (Å²) in [4.78, 5) is 40.9. The van der Waals surface area contributed by atoms with Crippen LogP contribution in [0.1, 0.15) is 75.2 Å². The van der Waals surface area contributed by atoms with Crippen LogP contribution in [-0.4, -0.2) is 60.3 Å². The predicted molar refractivity (Wildman–Crippen MR) is 134 cm³/mol. The van der Waals surface area contributed by atoms with Crippen molar-refractivity contribution in [3.8, 4) is 0 Å². The van der Waals surface area contributed by atoms with Gasteiger partial charge in [0.1, 0.15) is 6.04 Å². The molecule has 0 aromatic heterocycles. The van der Waals surface area contributed by atoms with Crippen LogP contribution < -0.4 is 16.0 Å². The Morgan fingerprint density at radius 1 is 1.15 bits per heavy atom. The molecule has 0 unspecified atom stereocenters. The molecule has 0 bridgehead atoms. The van der Waals surface area contributed by atoms with Crippen molar-refractivity contribution in [2.45, 2.75) is 90.0 Å². The number of hydrogen-bond donors (Lipinski definition) is 3. The second kappa shape index (κ2) is 12.3. The van der Waals surface area contributed by atoms with Crippen LogP contribution >= 0.6 is 0 Å². The first kappa shape index (κ1) is 26.1. The van der Waals surface area contributed by atoms with Crippen LogP contribution in [0.25, 0.3) is 0 Å². The number of rotatable bonds is 9. The van der Waals surface area contributed by atoms with E-state index in [-0.39, 0.29) is 35.7 Å². The van der Waals surface area contributed by atoms with Gasteiger partial charge in [0.15, 0.2) is 5.78 Å². The van der Waals surface area contributed by atoms with Gasteiger partial charge in [-0.25, -0.2) is 0 Å². The lowest BCUT2D eigenvalue weighted by Gasteiger charge is -2.35. The standard InChI is InChI=1S/C27H40N4O3/c1-18(2)14-25(32)21-9-7-8-20(15-21)17-30-26(33)24-13-12-22-10-5-6-11-23(27(34)31(22)24)29-16-19(3)28-4/h7-9,14-15,19,22-24,28-29H,5-6,10-13,16-17H2,1-4H3,(H,30,33)/t19-,22-,23-,24-/m0/s1. The molecule has 3 N–H and O–H groups in total. The van der Waals surface area contributed by atoms with Crippen molar-refractivity contribution in [3.05, 3.63) is 47.0 Å². The van der Waals surface area contributed by atoms with Crippen molar-refractivity contribution in [1.29, 1.82) is 0 Å². The number of likely N-dealkylation sites (N-methyl/N-ethyl adjacent to an activating group) is 1. The fraction of sp³-hybridized carbons (Fsp3) is 0.593. The second-order valence-electron chi connectivity index (χ2n) is 9.93. The fourth-order valence-electron chi connectivity index (χ4n) is 4.89. The number of hydrogen-bond acceptors (Lipinski definition) is 5. The van der Waals surface area contributed by atoms with Crippen molar-refractivity contribution >= 4 is 17.6 Å². The van der Waals surface area contributed by atoms with Crippen LogP contribution in [0.15, 0.2) is 35.9 Å². The molecule has 7 heteroatoms. The van der Waals surface area contributed by atoms with Crippen LogP contribution in [0.2, 0.25) is 0 Å². The molecule has 1 aromatic carbocycles. The van der Waals surface area contributed by atoms with E-state index in [0.717, 1.165) is 43.2 Å². The highest BCUT2D eigenvalue weighted by Gasteiger charge is 2.43. The number of carbonyl (C=O) groups is 3. The zero-order valence-electron chi connectivity index (χ0n) is 21.0. The Kier molecular flexibility index (Phi) is 9.42. The lowest BCUT2D eigenvalue weighted by atomic mass is 9.98. The minimum Gasteiger partial charge on any atom is -0.350 e. The Morgan fingerprint density at radius 3 is 2.65 bits per heavy atom. The highest BCUT2D eigenvalue weighted by Crippen LogP contribution is 2.31. The summed E-state index contributed by atoms with van der Waals surface area (Å²) >= 11 is 0. The van der Waals surface area contributed by atoms with Crippen LogP contribution in [0.4, 0.5) is 0 Å². The zero-order valence-corrected chi connectivity index (χ0v) is 21.0. The third-order valence-electron chi connectivity index (χ3n) is 6.90. The van der Waals surface area contributed by atoms with Crippen molar-refractivity contribution < 1.29 is 14.4 Å². The summed E-state index contributed by atoms with van der Waals surface area (Å²) in [7, 11) is 1.91. The zero-order chi connectivity index (χ0) is 24.7. The third-order valence-corrected chi connectivity index (χ3v) is 6.90. The van der Waals surface area contributed by atoms with Gasteiger partial charge in [-0.15, -0.1) is 0 Å². The van der Waals surface area contributed by atoms with E-state index in [4.69, 9.17) is 0 Å². The van der Waals surface area contributed by atoms with Gasteiger partial charge >= 0.3 is 0 Å². The average molecular weight is 469 g/mol. The minimum atomic E-state index is -0.433. The largest absolute Gasteiger partial charge is 0.350 e. The van der Waals surface area contributed by atoms with Gasteiger partial charge < -0.3 is 20.9 Å². The van der Waals surface area contributed by atoms with E-state index in [1.165, 1.54) is 0 Å². The molecule has 4 atom stereocenters. The Labute approximate surface area is 203 Å². The number of carbonyl (C=O) groups excluding carboxylic acids is 3. The molecule has 1 aromatic rings. The Bertz CT molecular complexity index is 909. The molecule has 34 heavy (non-hydrogen) atoms. The summed E-state index contributed by atoms with van der Waals surface area (Å²) in [6, 6.07) is 7.08. The normalized spacial score (nSPS) is 23.5. The molecule has 0 spiro atoms. The van der Waals surface area contributed by atoms with Gasteiger partial charge in [0, 0.05) is 30.7 Å². The molecular weight excluding hydrogens is 428 g/mol. The van der Waals surface area contributed by atoms with E-state index < -0.39 is 6.04 Å². The first-order chi connectivity index (χ1) is 16.3. The number of benzene rings is 1. The number of allylic oxidation sites excluding steroid dienone is 2. The van der Waals surface area contributed by atoms with Gasteiger partial charge in [0.2, 0.25) is 11.8 Å². The summed E-state index contributed by atoms with van der Waals surface area (Å²) in [5.74, 6) is -0.0936. The highest BCUT2D eigenvalue weighted by molar-refractivity contribution is 6.04. The van der Waals surface area contributed by atoms with Crippen molar-refractivity contribution in [2.75, 3.05) is 13.6 Å². The number of nitrogens with zero attached hydrogens (tertiary/aromatic N) is 1. The van der Waals surface area contributed by atoms with E-state index >= 15 is 0 Å². The average Bonchev–Trinajstić information content (AvgIpc) is 3.23. The number of amides is 2. The fourth-order valence-corrected chi connectivity index (χ4v) is 4.89. The molecule has 2 amide bonds. The van der Waals surface area contributed by atoms with Gasteiger partial charge in [-0.05, 0) is 71.2 Å². The second-order valence-corrected chi connectivity index (χ2v) is 9.93. The molecule has 3 rings (SSSR count). The first-order valence-electron chi connectivity index (χ1n) is 12.6. The number of ketones is 1. The highest BCUT2D eigenvalue weighted by atomic mass is 16.2. The third kappa shape index (κ3) is 6.76. The monoisotopic (exact) mass is 468 g/mol. The van der Waals surface area contributed by atoms with E-state index in [1.807, 2.05) is 44.0 Å².